The number of hydrogen-bond donors (Lipinski definition) is 3. The van der Waals surface area contributed by atoms with Gasteiger partial charge in [0.15, 0.2) is 0 Å². The van der Waals surface area contributed by atoms with Crippen LogP contribution in [0.5, 0.6) is 0 Å². The van der Waals surface area contributed by atoms with Crippen molar-refractivity contribution >= 4 is 11.8 Å². The average molecular weight is 187 g/mol. The Labute approximate surface area is 77.8 Å². The lowest BCUT2D eigenvalue weighted by Gasteiger charge is -2.05. The van der Waals surface area contributed by atoms with Crippen molar-refractivity contribution in [2.75, 3.05) is 6.54 Å². The number of carbonyl (C=O) groups excluding carboxylic acids is 2. The molecule has 0 aromatic heterocycles. The number of nitrogens with two attached hydrogens (primary N) is 2. The van der Waals surface area contributed by atoms with Gasteiger partial charge in [-0.15, -0.1) is 0 Å². The minimum Gasteiger partial charge on any atom is -0.370 e. The van der Waals surface area contributed by atoms with Crippen LogP contribution < -0.4 is 16.8 Å². The van der Waals surface area contributed by atoms with E-state index in [4.69, 9.17) is 11.5 Å². The zero-order valence-corrected chi connectivity index (χ0v) is 7.88. The Balaban J connectivity index is 3.32. The average Bonchev–Trinajstić information content (AvgIpc) is 1.96. The molecule has 13 heavy (non-hydrogen) atoms. The van der Waals surface area contributed by atoms with Gasteiger partial charge in [0.25, 0.3) is 0 Å². The molecule has 2 amide bonds. The number of hydrogen-bond acceptors (Lipinski definition) is 3. The Morgan fingerprint density at radius 2 is 2.08 bits per heavy atom. The van der Waals surface area contributed by atoms with E-state index in [0.29, 0.717) is 25.8 Å². The third-order valence-corrected chi connectivity index (χ3v) is 1.43. The largest absolute Gasteiger partial charge is 0.370 e. The second kappa shape index (κ2) is 6.42. The van der Waals surface area contributed by atoms with Crippen LogP contribution in [0.1, 0.15) is 26.2 Å². The van der Waals surface area contributed by atoms with E-state index in [-0.39, 0.29) is 17.9 Å². The van der Waals surface area contributed by atoms with E-state index in [0.717, 1.165) is 0 Å². The lowest BCUT2D eigenvalue weighted by Crippen LogP contribution is -2.30. The molecule has 5 nitrogen and oxygen atoms in total. The van der Waals surface area contributed by atoms with Crippen LogP contribution in [0.15, 0.2) is 0 Å². The summed E-state index contributed by atoms with van der Waals surface area (Å²) < 4.78 is 0. The van der Waals surface area contributed by atoms with E-state index in [1.807, 2.05) is 0 Å². The summed E-state index contributed by atoms with van der Waals surface area (Å²) in [4.78, 5) is 21.3. The zero-order valence-electron chi connectivity index (χ0n) is 7.88. The molecule has 5 N–H and O–H groups in total. The van der Waals surface area contributed by atoms with Crippen molar-refractivity contribution in [3.63, 3.8) is 0 Å². The van der Waals surface area contributed by atoms with Gasteiger partial charge in [0.2, 0.25) is 11.8 Å². The smallest absolute Gasteiger partial charge is 0.221 e. The molecule has 0 rings (SSSR count). The lowest BCUT2D eigenvalue weighted by molar-refractivity contribution is -0.122. The third kappa shape index (κ3) is 8.81. The first-order valence-corrected chi connectivity index (χ1v) is 4.33. The van der Waals surface area contributed by atoms with Gasteiger partial charge in [-0.05, 0) is 13.3 Å². The molecule has 0 aromatic rings. The minimum absolute atomic E-state index is 0.0838. The van der Waals surface area contributed by atoms with Crippen molar-refractivity contribution < 1.29 is 9.59 Å². The highest BCUT2D eigenvalue weighted by Gasteiger charge is 2.03. The van der Waals surface area contributed by atoms with Crippen LogP contribution in [-0.2, 0) is 9.59 Å². The Morgan fingerprint density at radius 1 is 1.46 bits per heavy atom. The van der Waals surface area contributed by atoms with E-state index >= 15 is 0 Å². The Kier molecular flexibility index (Phi) is 5.88. The molecular formula is C8H17N3O2. The first kappa shape index (κ1) is 11.9. The fourth-order valence-corrected chi connectivity index (χ4v) is 0.855. The predicted octanol–water partition coefficient (Wildman–Crippen LogP) is -0.895. The molecule has 0 aliphatic heterocycles. The lowest BCUT2D eigenvalue weighted by atomic mass is 10.2. The fraction of sp³-hybridized carbons (Fsp3) is 0.750. The highest BCUT2D eigenvalue weighted by atomic mass is 16.2. The van der Waals surface area contributed by atoms with Gasteiger partial charge in [0.05, 0.1) is 0 Å². The Morgan fingerprint density at radius 3 is 2.54 bits per heavy atom. The van der Waals surface area contributed by atoms with Crippen LogP contribution in [0.3, 0.4) is 0 Å². The van der Waals surface area contributed by atoms with Crippen molar-refractivity contribution in [1.29, 1.82) is 0 Å². The summed E-state index contributed by atoms with van der Waals surface area (Å²) in [5.41, 5.74) is 10.3. The van der Waals surface area contributed by atoms with Crippen molar-refractivity contribution in [3.05, 3.63) is 0 Å². The van der Waals surface area contributed by atoms with Crippen LogP contribution in [-0.4, -0.2) is 24.4 Å². The van der Waals surface area contributed by atoms with Gasteiger partial charge < -0.3 is 16.8 Å². The maximum atomic E-state index is 11.0. The Hall–Kier alpha value is -1.10. The van der Waals surface area contributed by atoms with Crippen molar-refractivity contribution in [2.24, 2.45) is 11.5 Å². The standard InChI is InChI=1S/C8H17N3O2/c1-6(9)5-8(13)11-4-2-3-7(10)12/h6H,2-5,9H2,1H3,(H2,10,12)(H,11,13). The second-order valence-electron chi connectivity index (χ2n) is 3.10. The number of carbonyl (C=O) groups is 2. The third-order valence-electron chi connectivity index (χ3n) is 1.43. The quantitative estimate of drug-likeness (QED) is 0.470. The predicted molar refractivity (Wildman–Crippen MR) is 49.7 cm³/mol. The van der Waals surface area contributed by atoms with E-state index in [2.05, 4.69) is 5.32 Å². The maximum absolute atomic E-state index is 11.0. The van der Waals surface area contributed by atoms with Gasteiger partial charge in [0, 0.05) is 25.4 Å². The summed E-state index contributed by atoms with van der Waals surface area (Å²) in [7, 11) is 0. The highest BCUT2D eigenvalue weighted by Crippen LogP contribution is 1.88. The van der Waals surface area contributed by atoms with E-state index < -0.39 is 0 Å². The molecule has 0 aliphatic rings. The molecular weight excluding hydrogens is 170 g/mol. The topological polar surface area (TPSA) is 98.2 Å². The van der Waals surface area contributed by atoms with E-state index in [9.17, 15) is 9.59 Å². The number of nitrogens with one attached hydrogen (secondary N) is 1. The summed E-state index contributed by atoms with van der Waals surface area (Å²) in [6.45, 7) is 2.25. The summed E-state index contributed by atoms with van der Waals surface area (Å²) in [6, 6.07) is -0.129. The van der Waals surface area contributed by atoms with Crippen LogP contribution in [0, 0.1) is 0 Å². The maximum Gasteiger partial charge on any atom is 0.221 e. The summed E-state index contributed by atoms with van der Waals surface area (Å²) >= 11 is 0. The number of primary amides is 1. The molecule has 76 valence electrons. The van der Waals surface area contributed by atoms with Crippen LogP contribution >= 0.6 is 0 Å². The van der Waals surface area contributed by atoms with Crippen molar-refractivity contribution in [3.8, 4) is 0 Å². The monoisotopic (exact) mass is 187 g/mol. The minimum atomic E-state index is -0.346. The molecule has 0 heterocycles. The van der Waals surface area contributed by atoms with Crippen LogP contribution in [0.4, 0.5) is 0 Å². The van der Waals surface area contributed by atoms with Gasteiger partial charge in [-0.2, -0.15) is 0 Å². The summed E-state index contributed by atoms with van der Waals surface area (Å²) in [5.74, 6) is -0.430. The van der Waals surface area contributed by atoms with Gasteiger partial charge in [0.1, 0.15) is 0 Å². The first-order valence-electron chi connectivity index (χ1n) is 4.33. The molecule has 0 aliphatic carbocycles. The highest BCUT2D eigenvalue weighted by molar-refractivity contribution is 5.76. The molecule has 0 radical (unpaired) electrons. The molecule has 1 unspecified atom stereocenters. The molecule has 1 atom stereocenters. The SMILES string of the molecule is CC(N)CC(=O)NCCCC(N)=O. The van der Waals surface area contributed by atoms with E-state index in [1.54, 1.807) is 6.92 Å². The van der Waals surface area contributed by atoms with Gasteiger partial charge >= 0.3 is 0 Å². The second-order valence-corrected chi connectivity index (χ2v) is 3.10. The zero-order chi connectivity index (χ0) is 10.3. The van der Waals surface area contributed by atoms with Crippen molar-refractivity contribution in [2.45, 2.75) is 32.2 Å². The molecule has 0 spiro atoms. The van der Waals surface area contributed by atoms with Gasteiger partial charge in [-0.3, -0.25) is 9.59 Å². The molecule has 0 fully saturated rings. The fourth-order valence-electron chi connectivity index (χ4n) is 0.855. The van der Waals surface area contributed by atoms with Crippen LogP contribution in [0.2, 0.25) is 0 Å². The van der Waals surface area contributed by atoms with E-state index in [1.165, 1.54) is 0 Å². The summed E-state index contributed by atoms with van der Waals surface area (Å²) in [5, 5.41) is 2.64. The molecule has 0 saturated heterocycles. The van der Waals surface area contributed by atoms with Gasteiger partial charge in [-0.25, -0.2) is 0 Å². The van der Waals surface area contributed by atoms with Crippen molar-refractivity contribution in [1.82, 2.24) is 5.32 Å². The van der Waals surface area contributed by atoms with Crippen LogP contribution in [0.25, 0.3) is 0 Å². The Bertz CT molecular complexity index is 180. The normalized spacial score (nSPS) is 12.2. The molecule has 0 bridgehead atoms. The van der Waals surface area contributed by atoms with Gasteiger partial charge in [-0.1, -0.05) is 0 Å². The first-order chi connectivity index (χ1) is 6.02. The molecule has 0 saturated carbocycles. The number of rotatable bonds is 6. The molecule has 5 heteroatoms. The number of amides is 2. The summed E-state index contributed by atoms with van der Waals surface area (Å²) in [6.07, 6.45) is 1.20. The molecule has 0 aromatic carbocycles.